The maximum atomic E-state index is 12.0. The summed E-state index contributed by atoms with van der Waals surface area (Å²) in [6.07, 6.45) is 6.74. The number of likely N-dealkylation sites (tertiary alicyclic amines) is 1. The minimum atomic E-state index is -0.0288. The van der Waals surface area contributed by atoms with Crippen LogP contribution in [0.15, 0.2) is 23.0 Å². The number of rotatable bonds is 6. The van der Waals surface area contributed by atoms with Gasteiger partial charge in [0.05, 0.1) is 12.7 Å². The van der Waals surface area contributed by atoms with Crippen LogP contribution in [-0.2, 0) is 11.3 Å². The Morgan fingerprint density at radius 2 is 2.35 bits per heavy atom. The molecule has 23 heavy (non-hydrogen) atoms. The van der Waals surface area contributed by atoms with Gasteiger partial charge in [-0.05, 0) is 38.8 Å². The lowest BCUT2D eigenvalue weighted by Crippen LogP contribution is -2.35. The number of nitrogens with zero attached hydrogens (tertiary/aromatic N) is 4. The number of aromatic nitrogens is 3. The maximum Gasteiger partial charge on any atom is 0.226 e. The van der Waals surface area contributed by atoms with Gasteiger partial charge >= 0.3 is 0 Å². The predicted octanol–water partition coefficient (Wildman–Crippen LogP) is 1.98. The molecular weight excluding hydrogens is 294 g/mol. The molecular formula is C16H23N5O2. The summed E-state index contributed by atoms with van der Waals surface area (Å²) in [4.78, 5) is 14.4. The molecule has 7 nitrogen and oxygen atoms in total. The molecule has 2 aromatic rings. The Kier molecular flexibility index (Phi) is 4.76. The van der Waals surface area contributed by atoms with Gasteiger partial charge in [0.15, 0.2) is 5.82 Å². The molecule has 0 spiro atoms. The van der Waals surface area contributed by atoms with E-state index >= 15 is 0 Å². The summed E-state index contributed by atoms with van der Waals surface area (Å²) in [7, 11) is 0. The molecule has 1 aliphatic heterocycles. The predicted molar refractivity (Wildman–Crippen MR) is 86.0 cm³/mol. The molecule has 1 amide bonds. The van der Waals surface area contributed by atoms with Crippen LogP contribution in [-0.4, -0.2) is 44.9 Å². The van der Waals surface area contributed by atoms with Gasteiger partial charge in [-0.2, -0.15) is 5.10 Å². The van der Waals surface area contributed by atoms with E-state index in [1.54, 1.807) is 13.0 Å². The molecule has 1 atom stereocenters. The molecule has 3 heterocycles. The van der Waals surface area contributed by atoms with Crippen molar-refractivity contribution >= 4 is 11.7 Å². The third-order valence-electron chi connectivity index (χ3n) is 4.18. The molecule has 0 radical (unpaired) electrons. The minimum Gasteiger partial charge on any atom is -0.360 e. The number of anilines is 1. The summed E-state index contributed by atoms with van der Waals surface area (Å²) >= 11 is 0. The average Bonchev–Trinajstić information content (AvgIpc) is 3.21. The fourth-order valence-electron chi connectivity index (χ4n) is 3.05. The van der Waals surface area contributed by atoms with Gasteiger partial charge in [-0.1, -0.05) is 5.16 Å². The highest BCUT2D eigenvalue weighted by Gasteiger charge is 2.25. The van der Waals surface area contributed by atoms with Gasteiger partial charge in [0.2, 0.25) is 5.91 Å². The fourth-order valence-corrected chi connectivity index (χ4v) is 3.05. The van der Waals surface area contributed by atoms with Gasteiger partial charge in [0, 0.05) is 31.3 Å². The molecule has 124 valence electrons. The lowest BCUT2D eigenvalue weighted by atomic mass is 10.2. The zero-order valence-electron chi connectivity index (χ0n) is 13.7. The highest BCUT2D eigenvalue weighted by Crippen LogP contribution is 2.19. The standard InChI is InChI=1S/C16H23N5O2/c1-12-9-17-21(10-12)11-14-4-3-6-20(14)7-5-16(22)18-15-8-13(2)23-19-15/h8-10,14H,3-7,11H2,1-2H3,(H,18,19,22)/t14-/m0/s1. The first-order valence-electron chi connectivity index (χ1n) is 8.06. The van der Waals surface area contributed by atoms with E-state index in [4.69, 9.17) is 4.52 Å². The smallest absolute Gasteiger partial charge is 0.226 e. The second-order valence-corrected chi connectivity index (χ2v) is 6.19. The van der Waals surface area contributed by atoms with Crippen molar-refractivity contribution in [1.82, 2.24) is 19.8 Å². The summed E-state index contributed by atoms with van der Waals surface area (Å²) < 4.78 is 6.94. The molecule has 0 aliphatic carbocycles. The topological polar surface area (TPSA) is 76.2 Å². The normalized spacial score (nSPS) is 18.4. The summed E-state index contributed by atoms with van der Waals surface area (Å²) in [5.41, 5.74) is 1.18. The van der Waals surface area contributed by atoms with Crippen LogP contribution in [0, 0.1) is 13.8 Å². The van der Waals surface area contributed by atoms with Crippen LogP contribution < -0.4 is 5.32 Å². The molecule has 0 unspecified atom stereocenters. The number of aryl methyl sites for hydroxylation is 2. The Bertz CT molecular complexity index is 663. The Morgan fingerprint density at radius 1 is 1.48 bits per heavy atom. The van der Waals surface area contributed by atoms with Gasteiger partial charge in [-0.15, -0.1) is 0 Å². The van der Waals surface area contributed by atoms with Crippen LogP contribution in [0.4, 0.5) is 5.82 Å². The van der Waals surface area contributed by atoms with Crippen molar-refractivity contribution in [1.29, 1.82) is 0 Å². The largest absolute Gasteiger partial charge is 0.360 e. The van der Waals surface area contributed by atoms with Crippen molar-refractivity contribution in [2.45, 2.75) is 45.7 Å². The summed E-state index contributed by atoms with van der Waals surface area (Å²) in [6, 6.07) is 2.17. The van der Waals surface area contributed by atoms with E-state index in [0.717, 1.165) is 26.1 Å². The number of carbonyl (C=O) groups is 1. The molecule has 2 aromatic heterocycles. The number of carbonyl (C=O) groups excluding carboxylic acids is 1. The van der Waals surface area contributed by atoms with Crippen molar-refractivity contribution in [3.63, 3.8) is 0 Å². The van der Waals surface area contributed by atoms with Gasteiger partial charge in [-0.25, -0.2) is 0 Å². The Hall–Kier alpha value is -2.15. The maximum absolute atomic E-state index is 12.0. The van der Waals surface area contributed by atoms with Gasteiger partial charge in [0.1, 0.15) is 5.76 Å². The fraction of sp³-hybridized carbons (Fsp3) is 0.562. The summed E-state index contributed by atoms with van der Waals surface area (Å²) in [5.74, 6) is 1.14. The van der Waals surface area contributed by atoms with Crippen LogP contribution in [0.25, 0.3) is 0 Å². The Morgan fingerprint density at radius 3 is 3.04 bits per heavy atom. The SMILES string of the molecule is Cc1cnn(C[C@@H]2CCCN2CCC(=O)Nc2cc(C)on2)c1. The third kappa shape index (κ3) is 4.19. The average molecular weight is 317 g/mol. The lowest BCUT2D eigenvalue weighted by Gasteiger charge is -2.24. The van der Waals surface area contributed by atoms with Crippen molar-refractivity contribution in [3.05, 3.63) is 29.8 Å². The molecule has 0 aromatic carbocycles. The minimum absolute atomic E-state index is 0.0288. The van der Waals surface area contributed by atoms with E-state index in [9.17, 15) is 4.79 Å². The molecule has 3 rings (SSSR count). The second-order valence-electron chi connectivity index (χ2n) is 6.19. The van der Waals surface area contributed by atoms with E-state index in [2.05, 4.69) is 26.7 Å². The number of hydrogen-bond acceptors (Lipinski definition) is 5. The highest BCUT2D eigenvalue weighted by atomic mass is 16.5. The van der Waals surface area contributed by atoms with E-state index in [-0.39, 0.29) is 5.91 Å². The second kappa shape index (κ2) is 6.95. The van der Waals surface area contributed by atoms with Gasteiger partial charge in [0.25, 0.3) is 0 Å². The first-order valence-corrected chi connectivity index (χ1v) is 8.06. The third-order valence-corrected chi connectivity index (χ3v) is 4.18. The van der Waals surface area contributed by atoms with Crippen LogP contribution in [0.3, 0.4) is 0 Å². The van der Waals surface area contributed by atoms with Gasteiger partial charge < -0.3 is 9.84 Å². The van der Waals surface area contributed by atoms with Crippen molar-refractivity contribution in [2.24, 2.45) is 0 Å². The Balaban J connectivity index is 1.47. The highest BCUT2D eigenvalue weighted by molar-refractivity contribution is 5.89. The van der Waals surface area contributed by atoms with Crippen molar-refractivity contribution in [2.75, 3.05) is 18.4 Å². The molecule has 1 aliphatic rings. The van der Waals surface area contributed by atoms with E-state index in [1.165, 1.54) is 12.0 Å². The molecule has 7 heteroatoms. The molecule has 1 saturated heterocycles. The molecule has 0 saturated carbocycles. The van der Waals surface area contributed by atoms with E-state index in [0.29, 0.717) is 24.0 Å². The zero-order valence-corrected chi connectivity index (χ0v) is 13.7. The molecule has 1 fully saturated rings. The van der Waals surface area contributed by atoms with Crippen LogP contribution in [0.5, 0.6) is 0 Å². The quantitative estimate of drug-likeness (QED) is 0.881. The number of nitrogens with one attached hydrogen (secondary N) is 1. The van der Waals surface area contributed by atoms with E-state index in [1.807, 2.05) is 17.8 Å². The van der Waals surface area contributed by atoms with Gasteiger partial charge in [-0.3, -0.25) is 14.4 Å². The summed E-state index contributed by atoms with van der Waals surface area (Å²) in [6.45, 7) is 6.53. The van der Waals surface area contributed by atoms with Crippen molar-refractivity contribution < 1.29 is 9.32 Å². The molecule has 1 N–H and O–H groups in total. The van der Waals surface area contributed by atoms with E-state index < -0.39 is 0 Å². The van der Waals surface area contributed by atoms with Crippen LogP contribution in [0.2, 0.25) is 0 Å². The number of hydrogen-bond donors (Lipinski definition) is 1. The Labute approximate surface area is 135 Å². The monoisotopic (exact) mass is 317 g/mol. The first-order chi connectivity index (χ1) is 11.1. The number of amides is 1. The lowest BCUT2D eigenvalue weighted by molar-refractivity contribution is -0.116. The van der Waals surface area contributed by atoms with Crippen LogP contribution >= 0.6 is 0 Å². The zero-order chi connectivity index (χ0) is 16.2. The first kappa shape index (κ1) is 15.7. The summed E-state index contributed by atoms with van der Waals surface area (Å²) in [5, 5.41) is 10.9. The van der Waals surface area contributed by atoms with Crippen molar-refractivity contribution in [3.8, 4) is 0 Å². The molecule has 0 bridgehead atoms. The van der Waals surface area contributed by atoms with Crippen LogP contribution in [0.1, 0.15) is 30.6 Å².